The number of anilines is 1. The molecule has 43 heavy (non-hydrogen) atoms. The number of methoxy groups -OCH3 is 2. The summed E-state index contributed by atoms with van der Waals surface area (Å²) in [5, 5.41) is 2.05. The van der Waals surface area contributed by atoms with Crippen LogP contribution in [-0.2, 0) is 12.1 Å². The van der Waals surface area contributed by atoms with E-state index in [0.717, 1.165) is 7.11 Å². The maximum Gasteiger partial charge on any atom is 0.435 e. The number of ether oxygens (including phenoxy) is 3. The van der Waals surface area contributed by atoms with E-state index in [4.69, 9.17) is 9.47 Å². The predicted molar refractivity (Wildman–Crippen MR) is 138 cm³/mol. The molecule has 0 saturated carbocycles. The highest BCUT2D eigenvalue weighted by atomic mass is 79.9. The zero-order chi connectivity index (χ0) is 32.3. The van der Waals surface area contributed by atoms with Crippen molar-refractivity contribution >= 4 is 33.3 Å². The quantitative estimate of drug-likeness (QED) is 0.173. The van der Waals surface area contributed by atoms with E-state index in [1.807, 2.05) is 5.32 Å². The van der Waals surface area contributed by atoms with Gasteiger partial charge in [0, 0.05) is 22.0 Å². The van der Waals surface area contributed by atoms with Crippen LogP contribution in [0.3, 0.4) is 0 Å². The minimum Gasteiger partial charge on any atom is -0.496 e. The molecular weight excluding hydrogens is 669 g/mol. The van der Waals surface area contributed by atoms with Gasteiger partial charge >= 0.3 is 24.6 Å². The summed E-state index contributed by atoms with van der Waals surface area (Å²) in [4.78, 5) is 26.2. The van der Waals surface area contributed by atoms with Crippen molar-refractivity contribution in [2.24, 2.45) is 0 Å². The van der Waals surface area contributed by atoms with Crippen molar-refractivity contribution in [1.29, 1.82) is 0 Å². The number of nitrogens with one attached hydrogen (secondary N) is 1. The first-order valence-electron chi connectivity index (χ1n) is 11.7. The number of rotatable bonds is 10. The molecular formula is C27H19BrF9NO5. The SMILES string of the molecule is COc1ccccc1C(=O)Cc1cccc(C(=O)Nc2c(Br)cc(C(F)(C(F)(F)F)C(F)(F)F)cc2OC(F)F)c1OC. The zero-order valence-electron chi connectivity index (χ0n) is 21.8. The molecule has 0 aliphatic rings. The number of carbonyl (C=O) groups is 2. The van der Waals surface area contributed by atoms with Crippen LogP contribution >= 0.6 is 15.9 Å². The van der Waals surface area contributed by atoms with E-state index < -0.39 is 57.8 Å². The van der Waals surface area contributed by atoms with Gasteiger partial charge in [-0.2, -0.15) is 35.1 Å². The summed E-state index contributed by atoms with van der Waals surface area (Å²) in [6.07, 6.45) is -13.4. The van der Waals surface area contributed by atoms with Crippen molar-refractivity contribution < 1.29 is 63.3 Å². The van der Waals surface area contributed by atoms with Crippen molar-refractivity contribution in [3.63, 3.8) is 0 Å². The number of alkyl halides is 9. The number of halogens is 10. The topological polar surface area (TPSA) is 73.9 Å². The normalized spacial score (nSPS) is 12.2. The van der Waals surface area contributed by atoms with Crippen LogP contribution in [0.15, 0.2) is 59.1 Å². The smallest absolute Gasteiger partial charge is 0.435 e. The molecule has 16 heteroatoms. The van der Waals surface area contributed by atoms with Gasteiger partial charge in [0.15, 0.2) is 11.5 Å². The number of Topliss-reactive ketones (excluding diaryl/α,β-unsaturated/α-hetero) is 1. The Balaban J connectivity index is 2.05. The maximum absolute atomic E-state index is 14.7. The average molecular weight is 688 g/mol. The second-order valence-corrected chi connectivity index (χ2v) is 9.47. The average Bonchev–Trinajstić information content (AvgIpc) is 2.92. The summed E-state index contributed by atoms with van der Waals surface area (Å²) in [5.41, 5.74) is -8.88. The third-order valence-electron chi connectivity index (χ3n) is 5.99. The van der Waals surface area contributed by atoms with Crippen LogP contribution in [0.4, 0.5) is 45.2 Å². The first-order chi connectivity index (χ1) is 20.0. The van der Waals surface area contributed by atoms with Gasteiger partial charge in [-0.05, 0) is 46.3 Å². The van der Waals surface area contributed by atoms with Crippen molar-refractivity contribution in [2.75, 3.05) is 19.5 Å². The molecule has 0 saturated heterocycles. The number of hydrogen-bond acceptors (Lipinski definition) is 5. The van der Waals surface area contributed by atoms with Crippen LogP contribution in [0, 0.1) is 0 Å². The van der Waals surface area contributed by atoms with Gasteiger partial charge < -0.3 is 19.5 Å². The summed E-state index contributed by atoms with van der Waals surface area (Å²) in [7, 11) is 2.50. The molecule has 0 aliphatic carbocycles. The van der Waals surface area contributed by atoms with E-state index in [9.17, 15) is 49.1 Å². The van der Waals surface area contributed by atoms with E-state index in [-0.39, 0.29) is 46.7 Å². The molecule has 0 radical (unpaired) electrons. The molecule has 3 aromatic carbocycles. The molecule has 3 aromatic rings. The van der Waals surface area contributed by atoms with E-state index in [0.29, 0.717) is 0 Å². The molecule has 1 N–H and O–H groups in total. The monoisotopic (exact) mass is 687 g/mol. The molecule has 0 atom stereocenters. The Morgan fingerprint density at radius 2 is 1.44 bits per heavy atom. The van der Waals surface area contributed by atoms with Crippen LogP contribution in [0.1, 0.15) is 31.8 Å². The van der Waals surface area contributed by atoms with Crippen molar-refractivity contribution in [1.82, 2.24) is 0 Å². The fraction of sp³-hybridized carbons (Fsp3) is 0.259. The molecule has 3 rings (SSSR count). The summed E-state index contributed by atoms with van der Waals surface area (Å²) in [5.74, 6) is -2.90. The Morgan fingerprint density at radius 1 is 0.837 bits per heavy atom. The van der Waals surface area contributed by atoms with Gasteiger partial charge in [-0.15, -0.1) is 0 Å². The number of para-hydroxylation sites is 2. The third-order valence-corrected chi connectivity index (χ3v) is 6.62. The lowest BCUT2D eigenvalue weighted by atomic mass is 9.93. The lowest BCUT2D eigenvalue weighted by molar-refractivity contribution is -0.348. The van der Waals surface area contributed by atoms with Gasteiger partial charge in [0.05, 0.1) is 31.0 Å². The second-order valence-electron chi connectivity index (χ2n) is 8.62. The first kappa shape index (κ1) is 33.6. The molecule has 0 heterocycles. The summed E-state index contributed by atoms with van der Waals surface area (Å²) < 4.78 is 134. The van der Waals surface area contributed by atoms with Crippen molar-refractivity contribution in [3.05, 3.63) is 81.3 Å². The molecule has 1 amide bonds. The van der Waals surface area contributed by atoms with E-state index in [1.54, 1.807) is 18.2 Å². The number of carbonyl (C=O) groups excluding carboxylic acids is 2. The zero-order valence-corrected chi connectivity index (χ0v) is 23.4. The first-order valence-corrected chi connectivity index (χ1v) is 12.5. The minimum atomic E-state index is -6.55. The molecule has 232 valence electrons. The van der Waals surface area contributed by atoms with Gasteiger partial charge in [0.25, 0.3) is 5.91 Å². The van der Waals surface area contributed by atoms with E-state index >= 15 is 0 Å². The molecule has 0 aliphatic heterocycles. The summed E-state index contributed by atoms with van der Waals surface area (Å²) in [6, 6.07) is 10.0. The molecule has 0 aromatic heterocycles. The molecule has 0 bridgehead atoms. The van der Waals surface area contributed by atoms with Gasteiger partial charge in [0.2, 0.25) is 0 Å². The van der Waals surface area contributed by atoms with Gasteiger partial charge in [-0.3, -0.25) is 9.59 Å². The van der Waals surface area contributed by atoms with Crippen LogP contribution in [-0.4, -0.2) is 44.9 Å². The highest BCUT2D eigenvalue weighted by Crippen LogP contribution is 2.55. The van der Waals surface area contributed by atoms with Gasteiger partial charge in [-0.25, -0.2) is 4.39 Å². The molecule has 0 fully saturated rings. The van der Waals surface area contributed by atoms with E-state index in [1.165, 1.54) is 31.4 Å². The lowest BCUT2D eigenvalue weighted by Gasteiger charge is -2.31. The Kier molecular flexibility index (Phi) is 9.93. The Hall–Kier alpha value is -3.95. The van der Waals surface area contributed by atoms with Crippen molar-refractivity contribution in [2.45, 2.75) is 31.1 Å². The Bertz CT molecular complexity index is 1500. The maximum atomic E-state index is 14.7. The summed E-state index contributed by atoms with van der Waals surface area (Å²) in [6.45, 7) is -3.80. The summed E-state index contributed by atoms with van der Waals surface area (Å²) >= 11 is 2.61. The third kappa shape index (κ3) is 6.84. The second kappa shape index (κ2) is 12.7. The standard InChI is InChI=1S/C27H19BrF9NO5/c1-41-19-9-4-3-7-15(19)18(39)10-13-6-5-8-16(22(13)42-2)23(40)38-21-17(28)11-14(12-20(21)43-24(29)30)25(31,26(32,33)34)27(35,36)37/h3-9,11-12,24H,10H2,1-2H3,(H,38,40). The lowest BCUT2D eigenvalue weighted by Crippen LogP contribution is -2.50. The molecule has 6 nitrogen and oxygen atoms in total. The fourth-order valence-corrected chi connectivity index (χ4v) is 4.59. The molecule has 0 spiro atoms. The fourth-order valence-electron chi connectivity index (χ4n) is 4.05. The van der Waals surface area contributed by atoms with Gasteiger partial charge in [-0.1, -0.05) is 24.3 Å². The van der Waals surface area contributed by atoms with Crippen LogP contribution in [0.25, 0.3) is 0 Å². The molecule has 0 unspecified atom stereocenters. The van der Waals surface area contributed by atoms with Crippen LogP contribution in [0.2, 0.25) is 0 Å². The highest BCUT2D eigenvalue weighted by molar-refractivity contribution is 9.10. The Labute approximate surface area is 245 Å². The predicted octanol–water partition coefficient (Wildman–Crippen LogP) is 8.03. The van der Waals surface area contributed by atoms with Gasteiger partial charge in [0.1, 0.15) is 11.5 Å². The van der Waals surface area contributed by atoms with Crippen LogP contribution in [0.5, 0.6) is 17.2 Å². The van der Waals surface area contributed by atoms with Crippen molar-refractivity contribution in [3.8, 4) is 17.2 Å². The number of ketones is 1. The van der Waals surface area contributed by atoms with Crippen LogP contribution < -0.4 is 19.5 Å². The highest BCUT2D eigenvalue weighted by Gasteiger charge is 2.73. The number of benzene rings is 3. The van der Waals surface area contributed by atoms with E-state index in [2.05, 4.69) is 20.7 Å². The number of amides is 1. The minimum absolute atomic E-state index is 0.0223. The number of hydrogen-bond donors (Lipinski definition) is 1. The Morgan fingerprint density at radius 3 is 2.00 bits per heavy atom. The largest absolute Gasteiger partial charge is 0.496 e.